The molecule has 2 fully saturated rings. The van der Waals surface area contributed by atoms with Crippen LogP contribution in [-0.4, -0.2) is 67.9 Å². The van der Waals surface area contributed by atoms with E-state index in [2.05, 4.69) is 5.10 Å². The average Bonchev–Trinajstić information content (AvgIpc) is 3.56. The Morgan fingerprint density at radius 3 is 2.45 bits per heavy atom. The molecule has 1 aliphatic carbocycles. The van der Waals surface area contributed by atoms with Crippen LogP contribution in [0.2, 0.25) is 5.02 Å². The minimum Gasteiger partial charge on any atom is -0.483 e. The zero-order valence-electron chi connectivity index (χ0n) is 22.6. The van der Waals surface area contributed by atoms with Gasteiger partial charge in [0.05, 0.1) is 25.1 Å². The van der Waals surface area contributed by atoms with Gasteiger partial charge in [0.15, 0.2) is 0 Å². The summed E-state index contributed by atoms with van der Waals surface area (Å²) >= 11 is 6.15. The maximum atomic E-state index is 13.7. The van der Waals surface area contributed by atoms with Crippen LogP contribution in [0.5, 0.6) is 5.75 Å². The number of methoxy groups -OCH3 is 1. The molecule has 0 N–H and O–H groups in total. The molecule has 0 amide bonds. The van der Waals surface area contributed by atoms with E-state index in [0.717, 1.165) is 25.7 Å². The molecule has 2 aliphatic rings. The maximum absolute atomic E-state index is 13.7. The number of hydrogen-bond acceptors (Lipinski definition) is 9. The Hall–Kier alpha value is -3.35. The van der Waals surface area contributed by atoms with Gasteiger partial charge < -0.3 is 18.8 Å². The van der Waals surface area contributed by atoms with E-state index in [9.17, 15) is 18.0 Å². The number of sulfonamides is 1. The van der Waals surface area contributed by atoms with Crippen molar-refractivity contribution < 1.29 is 27.1 Å². The van der Waals surface area contributed by atoms with Gasteiger partial charge in [-0.1, -0.05) is 17.7 Å². The van der Waals surface area contributed by atoms with Crippen molar-refractivity contribution in [2.45, 2.75) is 50.5 Å². The average molecular weight is 591 g/mol. The summed E-state index contributed by atoms with van der Waals surface area (Å²) in [6.07, 6.45) is 5.28. The number of carbonyl (C=O) groups excluding carboxylic acids is 1. The number of piperazine rings is 1. The molecule has 2 aromatic heterocycles. The van der Waals surface area contributed by atoms with Crippen molar-refractivity contribution in [2.24, 2.45) is 0 Å². The number of halogens is 1. The molecular formula is C27H31ClN4O7S. The monoisotopic (exact) mass is 590 g/mol. The van der Waals surface area contributed by atoms with Crippen LogP contribution in [-0.2, 0) is 14.8 Å². The number of rotatable bonds is 7. The number of esters is 1. The van der Waals surface area contributed by atoms with E-state index < -0.39 is 21.6 Å². The number of aromatic nitrogens is 2. The van der Waals surface area contributed by atoms with Gasteiger partial charge in [0.25, 0.3) is 0 Å². The lowest BCUT2D eigenvalue weighted by Crippen LogP contribution is -2.49. The molecule has 0 spiro atoms. The van der Waals surface area contributed by atoms with Gasteiger partial charge >= 0.3 is 11.5 Å². The fourth-order valence-corrected chi connectivity index (χ4v) is 7.32. The number of hydrogen-bond donors (Lipinski definition) is 0. The normalized spacial score (nSPS) is 16.9. The molecule has 1 aromatic carbocycles. The predicted molar refractivity (Wildman–Crippen MR) is 148 cm³/mol. The molecule has 1 saturated heterocycles. The highest BCUT2D eigenvalue weighted by Gasteiger charge is 2.38. The first-order chi connectivity index (χ1) is 19.1. The third-order valence-electron chi connectivity index (χ3n) is 7.33. The maximum Gasteiger partial charge on any atom is 0.342 e. The molecule has 11 nitrogen and oxygen atoms in total. The molecule has 0 unspecified atom stereocenters. The lowest BCUT2D eigenvalue weighted by atomic mass is 10.2. The third-order valence-corrected chi connectivity index (χ3v) is 9.61. The van der Waals surface area contributed by atoms with Crippen molar-refractivity contribution in [3.05, 3.63) is 62.9 Å². The van der Waals surface area contributed by atoms with Crippen LogP contribution in [0.3, 0.4) is 0 Å². The lowest BCUT2D eigenvalue weighted by Gasteiger charge is -2.36. The number of carbonyl (C=O) groups is 1. The first-order valence-corrected chi connectivity index (χ1v) is 14.9. The zero-order valence-corrected chi connectivity index (χ0v) is 24.1. The zero-order chi connectivity index (χ0) is 28.6. The highest BCUT2D eigenvalue weighted by atomic mass is 35.5. The Morgan fingerprint density at radius 1 is 1.10 bits per heavy atom. The molecule has 0 bridgehead atoms. The van der Waals surface area contributed by atoms with Crippen LogP contribution in [0.4, 0.5) is 5.69 Å². The number of furan rings is 1. The van der Waals surface area contributed by atoms with E-state index in [1.165, 1.54) is 29.9 Å². The third kappa shape index (κ3) is 5.23. The van der Waals surface area contributed by atoms with Gasteiger partial charge in [0, 0.05) is 31.2 Å². The standard InChI is InChI=1S/C27H31ClN4O7S/c1-17-23(27(34)37-3)25(18(2)38-17)40(35,36)31-13-11-30(12-14-31)22-16-29-32(20-8-6-7-19(28)15-20)26(33)24(22)39-21-9-4-5-10-21/h6-8,15-16,21H,4-5,9-14H2,1-3H3. The fraction of sp³-hybridized carbons (Fsp3) is 0.444. The van der Waals surface area contributed by atoms with Gasteiger partial charge in [-0.3, -0.25) is 4.79 Å². The second-order valence-electron chi connectivity index (χ2n) is 9.88. The first-order valence-electron chi connectivity index (χ1n) is 13.1. The van der Waals surface area contributed by atoms with Crippen molar-refractivity contribution >= 4 is 33.3 Å². The van der Waals surface area contributed by atoms with E-state index in [1.54, 1.807) is 30.5 Å². The van der Waals surface area contributed by atoms with Crippen molar-refractivity contribution in [2.75, 3.05) is 38.2 Å². The molecule has 214 valence electrons. The van der Waals surface area contributed by atoms with E-state index in [4.69, 9.17) is 25.5 Å². The van der Waals surface area contributed by atoms with Crippen LogP contribution >= 0.6 is 11.6 Å². The fourth-order valence-electron chi connectivity index (χ4n) is 5.34. The number of ether oxygens (including phenoxy) is 2. The second kappa shape index (κ2) is 11.3. The van der Waals surface area contributed by atoms with Crippen molar-refractivity contribution in [1.29, 1.82) is 0 Å². The molecule has 0 atom stereocenters. The Kier molecular flexibility index (Phi) is 7.94. The van der Waals surface area contributed by atoms with Gasteiger partial charge in [-0.2, -0.15) is 14.1 Å². The number of anilines is 1. The van der Waals surface area contributed by atoms with Gasteiger partial charge in [-0.25, -0.2) is 13.2 Å². The molecule has 13 heteroatoms. The van der Waals surface area contributed by atoms with Crippen LogP contribution < -0.4 is 15.2 Å². The van der Waals surface area contributed by atoms with E-state index in [0.29, 0.717) is 16.4 Å². The topological polar surface area (TPSA) is 124 Å². The summed E-state index contributed by atoms with van der Waals surface area (Å²) in [5.41, 5.74) is 0.527. The Morgan fingerprint density at radius 2 is 1.80 bits per heavy atom. The largest absolute Gasteiger partial charge is 0.483 e. The highest BCUT2D eigenvalue weighted by molar-refractivity contribution is 7.89. The molecule has 0 radical (unpaired) electrons. The summed E-state index contributed by atoms with van der Waals surface area (Å²) in [4.78, 5) is 27.7. The van der Waals surface area contributed by atoms with E-state index in [-0.39, 0.29) is 60.0 Å². The minimum atomic E-state index is -4.06. The SMILES string of the molecule is COC(=O)c1c(C)oc(C)c1S(=O)(=O)N1CCN(c2cnn(-c3cccc(Cl)c3)c(=O)c2OC2CCCC2)CC1. The van der Waals surface area contributed by atoms with Crippen molar-refractivity contribution in [1.82, 2.24) is 14.1 Å². The Balaban J connectivity index is 1.44. The Labute approximate surface area is 237 Å². The summed E-state index contributed by atoms with van der Waals surface area (Å²) in [7, 11) is -2.87. The summed E-state index contributed by atoms with van der Waals surface area (Å²) in [6, 6.07) is 6.85. The molecule has 5 rings (SSSR count). The molecular weight excluding hydrogens is 560 g/mol. The van der Waals surface area contributed by atoms with Crippen LogP contribution in [0.25, 0.3) is 5.69 Å². The summed E-state index contributed by atoms with van der Waals surface area (Å²) < 4.78 is 46.4. The number of benzene rings is 1. The lowest BCUT2D eigenvalue weighted by molar-refractivity contribution is 0.0594. The van der Waals surface area contributed by atoms with Crippen LogP contribution in [0, 0.1) is 13.8 Å². The van der Waals surface area contributed by atoms with E-state index >= 15 is 0 Å². The minimum absolute atomic E-state index is 0.0765. The van der Waals surface area contributed by atoms with Crippen LogP contribution in [0.15, 0.2) is 44.6 Å². The number of aryl methyl sites for hydroxylation is 2. The van der Waals surface area contributed by atoms with Gasteiger partial charge in [-0.05, 0) is 57.7 Å². The summed E-state index contributed by atoms with van der Waals surface area (Å²) in [6.45, 7) is 3.84. The quantitative estimate of drug-likeness (QED) is 0.379. The molecule has 3 heterocycles. The second-order valence-corrected chi connectivity index (χ2v) is 12.2. The first kappa shape index (κ1) is 28.2. The van der Waals surface area contributed by atoms with Gasteiger partial charge in [-0.15, -0.1) is 0 Å². The molecule has 1 aliphatic heterocycles. The predicted octanol–water partition coefficient (Wildman–Crippen LogP) is 3.71. The van der Waals surface area contributed by atoms with Crippen LogP contribution in [0.1, 0.15) is 47.6 Å². The van der Waals surface area contributed by atoms with Crippen molar-refractivity contribution in [3.63, 3.8) is 0 Å². The van der Waals surface area contributed by atoms with Crippen molar-refractivity contribution in [3.8, 4) is 11.4 Å². The molecule has 3 aromatic rings. The smallest absolute Gasteiger partial charge is 0.342 e. The summed E-state index contributed by atoms with van der Waals surface area (Å²) in [5, 5.41) is 4.87. The Bertz CT molecular complexity index is 1590. The highest BCUT2D eigenvalue weighted by Crippen LogP contribution is 2.33. The molecule has 40 heavy (non-hydrogen) atoms. The van der Waals surface area contributed by atoms with Gasteiger partial charge in [0.2, 0.25) is 15.8 Å². The molecule has 1 saturated carbocycles. The van der Waals surface area contributed by atoms with Gasteiger partial charge in [0.1, 0.15) is 27.7 Å². The van der Waals surface area contributed by atoms with E-state index in [1.807, 2.05) is 4.90 Å². The summed E-state index contributed by atoms with van der Waals surface area (Å²) in [5.74, 6) is -0.276. The number of nitrogens with zero attached hydrogens (tertiary/aromatic N) is 4.